The number of aryl methyl sites for hydroxylation is 2. The molecular weight excluding hydrogens is 290 g/mol. The summed E-state index contributed by atoms with van der Waals surface area (Å²) in [5.41, 5.74) is 3.74. The first kappa shape index (κ1) is 16.5. The second kappa shape index (κ2) is 7.94. The molecule has 0 spiro atoms. The summed E-state index contributed by atoms with van der Waals surface area (Å²) >= 11 is 0. The van der Waals surface area contributed by atoms with Crippen LogP contribution in [0.25, 0.3) is 6.08 Å². The fourth-order valence-corrected chi connectivity index (χ4v) is 2.04. The fraction of sp³-hybridized carbons (Fsp3) is 0.158. The van der Waals surface area contributed by atoms with Gasteiger partial charge in [0.25, 0.3) is 5.91 Å². The number of carbonyl (C=O) groups is 2. The summed E-state index contributed by atoms with van der Waals surface area (Å²) in [6.07, 6.45) is 2.97. The molecule has 0 bridgehead atoms. The van der Waals surface area contributed by atoms with E-state index in [1.165, 1.54) is 6.08 Å². The molecule has 0 radical (unpaired) electrons. The van der Waals surface area contributed by atoms with E-state index in [1.54, 1.807) is 12.1 Å². The first-order valence-electron chi connectivity index (χ1n) is 7.31. The normalized spacial score (nSPS) is 10.5. The Balaban J connectivity index is 1.81. The van der Waals surface area contributed by atoms with E-state index in [0.717, 1.165) is 16.7 Å². The highest BCUT2D eigenvalue weighted by Crippen LogP contribution is 2.09. The number of amides is 1. The largest absolute Gasteiger partial charge is 0.452 e. The monoisotopic (exact) mass is 309 g/mol. The van der Waals surface area contributed by atoms with E-state index in [0.29, 0.717) is 5.69 Å². The fourth-order valence-electron chi connectivity index (χ4n) is 2.04. The van der Waals surface area contributed by atoms with Gasteiger partial charge in [-0.3, -0.25) is 4.79 Å². The van der Waals surface area contributed by atoms with Crippen LogP contribution in [0.3, 0.4) is 0 Å². The van der Waals surface area contributed by atoms with Crippen molar-refractivity contribution < 1.29 is 14.3 Å². The van der Waals surface area contributed by atoms with E-state index in [9.17, 15) is 9.59 Å². The van der Waals surface area contributed by atoms with Gasteiger partial charge >= 0.3 is 5.97 Å². The molecule has 0 aliphatic carbocycles. The van der Waals surface area contributed by atoms with E-state index in [-0.39, 0.29) is 12.5 Å². The lowest BCUT2D eigenvalue weighted by atomic mass is 10.1. The molecule has 0 atom stereocenters. The number of hydrogen-bond acceptors (Lipinski definition) is 3. The Bertz CT molecular complexity index is 735. The van der Waals surface area contributed by atoms with Crippen LogP contribution in [0.2, 0.25) is 0 Å². The highest BCUT2D eigenvalue weighted by Gasteiger charge is 2.05. The van der Waals surface area contributed by atoms with E-state index in [2.05, 4.69) is 5.32 Å². The van der Waals surface area contributed by atoms with Crippen LogP contribution in [0.5, 0.6) is 0 Å². The van der Waals surface area contributed by atoms with Crippen LogP contribution in [0, 0.1) is 13.8 Å². The van der Waals surface area contributed by atoms with Crippen molar-refractivity contribution in [2.45, 2.75) is 13.8 Å². The number of hydrogen-bond donors (Lipinski definition) is 1. The second-order valence-corrected chi connectivity index (χ2v) is 5.27. The predicted molar refractivity (Wildman–Crippen MR) is 91.0 cm³/mol. The van der Waals surface area contributed by atoms with Crippen LogP contribution in [0.4, 0.5) is 5.69 Å². The van der Waals surface area contributed by atoms with Crippen molar-refractivity contribution in [2.24, 2.45) is 0 Å². The van der Waals surface area contributed by atoms with E-state index in [4.69, 9.17) is 4.74 Å². The molecule has 23 heavy (non-hydrogen) atoms. The van der Waals surface area contributed by atoms with Gasteiger partial charge in [-0.05, 0) is 43.2 Å². The molecule has 2 aromatic carbocycles. The Morgan fingerprint density at radius 3 is 2.43 bits per heavy atom. The molecule has 0 aliphatic rings. The van der Waals surface area contributed by atoms with Crippen molar-refractivity contribution >= 4 is 23.6 Å². The molecule has 0 aliphatic heterocycles. The number of esters is 1. The van der Waals surface area contributed by atoms with Crippen molar-refractivity contribution in [3.05, 3.63) is 71.3 Å². The molecule has 1 amide bonds. The highest BCUT2D eigenvalue weighted by atomic mass is 16.5. The van der Waals surface area contributed by atoms with Gasteiger partial charge in [-0.25, -0.2) is 4.79 Å². The van der Waals surface area contributed by atoms with Crippen molar-refractivity contribution in [1.82, 2.24) is 0 Å². The first-order valence-corrected chi connectivity index (χ1v) is 7.31. The quantitative estimate of drug-likeness (QED) is 0.679. The molecule has 4 nitrogen and oxygen atoms in total. The Labute approximate surface area is 135 Å². The van der Waals surface area contributed by atoms with Gasteiger partial charge in [-0.1, -0.05) is 42.0 Å². The molecule has 2 rings (SSSR count). The molecule has 0 saturated carbocycles. The Morgan fingerprint density at radius 2 is 1.74 bits per heavy atom. The van der Waals surface area contributed by atoms with Gasteiger partial charge in [-0.2, -0.15) is 0 Å². The Morgan fingerprint density at radius 1 is 1.04 bits per heavy atom. The number of carbonyl (C=O) groups excluding carboxylic acids is 2. The third kappa shape index (κ3) is 5.79. The molecule has 1 N–H and O–H groups in total. The van der Waals surface area contributed by atoms with E-state index >= 15 is 0 Å². The smallest absolute Gasteiger partial charge is 0.331 e. The Kier molecular flexibility index (Phi) is 5.69. The number of nitrogens with one attached hydrogen (secondary N) is 1. The second-order valence-electron chi connectivity index (χ2n) is 5.27. The predicted octanol–water partition coefficient (Wildman–Crippen LogP) is 3.50. The zero-order chi connectivity index (χ0) is 16.7. The van der Waals surface area contributed by atoms with Gasteiger partial charge in [0.1, 0.15) is 0 Å². The summed E-state index contributed by atoms with van der Waals surface area (Å²) in [7, 11) is 0. The lowest BCUT2D eigenvalue weighted by molar-refractivity contribution is -0.142. The summed E-state index contributed by atoms with van der Waals surface area (Å²) in [5, 5.41) is 2.68. The van der Waals surface area contributed by atoms with Gasteiger partial charge in [0, 0.05) is 11.8 Å². The van der Waals surface area contributed by atoms with Crippen LogP contribution in [0.15, 0.2) is 54.6 Å². The number of ether oxygens (including phenoxy) is 1. The number of rotatable bonds is 5. The zero-order valence-corrected chi connectivity index (χ0v) is 13.2. The molecule has 0 saturated heterocycles. The standard InChI is InChI=1S/C19H19NO3/c1-14-5-3-7-16(11-14)9-10-19(22)23-13-18(21)20-17-8-4-6-15(2)12-17/h3-12H,13H2,1-2H3,(H,20,21)/b10-9+. The minimum Gasteiger partial charge on any atom is -0.452 e. The molecule has 4 heteroatoms. The SMILES string of the molecule is Cc1cccc(/C=C/C(=O)OCC(=O)Nc2cccc(C)c2)c1. The maximum atomic E-state index is 11.7. The number of anilines is 1. The highest BCUT2D eigenvalue weighted by molar-refractivity contribution is 5.94. The first-order chi connectivity index (χ1) is 11.0. The van der Waals surface area contributed by atoms with Crippen molar-refractivity contribution in [2.75, 3.05) is 11.9 Å². The lowest BCUT2D eigenvalue weighted by Gasteiger charge is -2.06. The van der Waals surface area contributed by atoms with Crippen LogP contribution in [-0.4, -0.2) is 18.5 Å². The van der Waals surface area contributed by atoms with Gasteiger partial charge in [0.15, 0.2) is 6.61 Å². The lowest BCUT2D eigenvalue weighted by Crippen LogP contribution is -2.20. The van der Waals surface area contributed by atoms with E-state index in [1.807, 2.05) is 56.3 Å². The van der Waals surface area contributed by atoms with Crippen molar-refractivity contribution in [3.8, 4) is 0 Å². The van der Waals surface area contributed by atoms with Gasteiger partial charge in [-0.15, -0.1) is 0 Å². The third-order valence-corrected chi connectivity index (χ3v) is 3.10. The molecule has 0 heterocycles. The topological polar surface area (TPSA) is 55.4 Å². The zero-order valence-electron chi connectivity index (χ0n) is 13.2. The number of benzene rings is 2. The van der Waals surface area contributed by atoms with Crippen LogP contribution in [0.1, 0.15) is 16.7 Å². The molecule has 2 aromatic rings. The van der Waals surface area contributed by atoms with Gasteiger partial charge < -0.3 is 10.1 Å². The van der Waals surface area contributed by atoms with Crippen molar-refractivity contribution in [3.63, 3.8) is 0 Å². The average Bonchev–Trinajstić information content (AvgIpc) is 2.51. The van der Waals surface area contributed by atoms with Gasteiger partial charge in [0.2, 0.25) is 0 Å². The molecular formula is C19H19NO3. The maximum Gasteiger partial charge on any atom is 0.331 e. The van der Waals surface area contributed by atoms with Crippen LogP contribution >= 0.6 is 0 Å². The summed E-state index contributed by atoms with van der Waals surface area (Å²) in [6.45, 7) is 3.60. The van der Waals surface area contributed by atoms with Crippen molar-refractivity contribution in [1.29, 1.82) is 0 Å². The molecule has 0 fully saturated rings. The third-order valence-electron chi connectivity index (χ3n) is 3.10. The average molecular weight is 309 g/mol. The summed E-state index contributed by atoms with van der Waals surface area (Å²) in [6, 6.07) is 15.1. The summed E-state index contributed by atoms with van der Waals surface area (Å²) < 4.78 is 4.92. The maximum absolute atomic E-state index is 11.7. The molecule has 0 unspecified atom stereocenters. The summed E-state index contributed by atoms with van der Waals surface area (Å²) in [4.78, 5) is 23.4. The summed E-state index contributed by atoms with van der Waals surface area (Å²) in [5.74, 6) is -0.918. The minimum atomic E-state index is -0.550. The van der Waals surface area contributed by atoms with Gasteiger partial charge in [0.05, 0.1) is 0 Å². The van der Waals surface area contributed by atoms with Crippen LogP contribution in [-0.2, 0) is 14.3 Å². The Hall–Kier alpha value is -2.88. The van der Waals surface area contributed by atoms with Crippen LogP contribution < -0.4 is 5.32 Å². The minimum absolute atomic E-state index is 0.315. The molecule has 0 aromatic heterocycles. The van der Waals surface area contributed by atoms with E-state index < -0.39 is 5.97 Å². The molecule has 118 valence electrons.